The average Bonchev–Trinajstić information content (AvgIpc) is 2.63. The summed E-state index contributed by atoms with van der Waals surface area (Å²) in [6.45, 7) is 0. The van der Waals surface area contributed by atoms with Gasteiger partial charge in [0.1, 0.15) is 5.65 Å². The normalized spacial score (nSPS) is 15.6. The lowest BCUT2D eigenvalue weighted by molar-refractivity contribution is 0.349. The van der Waals surface area contributed by atoms with Crippen LogP contribution in [0.2, 0.25) is 5.02 Å². The van der Waals surface area contributed by atoms with Gasteiger partial charge in [0.15, 0.2) is 0 Å². The van der Waals surface area contributed by atoms with Crippen LogP contribution in [0.25, 0.3) is 22.2 Å². The maximum Gasteiger partial charge on any atom is 0.330 e. The van der Waals surface area contributed by atoms with E-state index in [-0.39, 0.29) is 11.7 Å². The zero-order valence-corrected chi connectivity index (χ0v) is 14.4. The quantitative estimate of drug-likeness (QED) is 0.757. The van der Waals surface area contributed by atoms with Gasteiger partial charge < -0.3 is 0 Å². The molecule has 3 aromatic rings. The van der Waals surface area contributed by atoms with Crippen molar-refractivity contribution in [2.75, 3.05) is 0 Å². The first-order valence-corrected chi connectivity index (χ1v) is 8.92. The Balaban J connectivity index is 2.00. The highest BCUT2D eigenvalue weighted by molar-refractivity contribution is 6.30. The highest BCUT2D eigenvalue weighted by atomic mass is 35.5. The van der Waals surface area contributed by atoms with Crippen molar-refractivity contribution in [3.05, 3.63) is 62.4 Å². The van der Waals surface area contributed by atoms with E-state index < -0.39 is 5.56 Å². The van der Waals surface area contributed by atoms with Gasteiger partial charge in [-0.3, -0.25) is 14.3 Å². The number of aromatic nitrogens is 3. The van der Waals surface area contributed by atoms with Crippen LogP contribution >= 0.6 is 11.6 Å². The fourth-order valence-corrected chi connectivity index (χ4v) is 3.85. The second-order valence-corrected chi connectivity index (χ2v) is 6.92. The minimum absolute atomic E-state index is 0.0913. The molecule has 6 heteroatoms. The summed E-state index contributed by atoms with van der Waals surface area (Å²) in [4.78, 5) is 31.9. The molecule has 2 heterocycles. The summed E-state index contributed by atoms with van der Waals surface area (Å²) < 4.78 is 1.68. The molecule has 1 N–H and O–H groups in total. The van der Waals surface area contributed by atoms with Crippen LogP contribution in [0.5, 0.6) is 0 Å². The molecule has 1 aliphatic carbocycles. The SMILES string of the molecule is O=c1[nH]c(=O)n(C2CCCCC2)c2nccc(-c3ccc(Cl)cc3)c12. The minimum Gasteiger partial charge on any atom is -0.274 e. The molecule has 2 aromatic heterocycles. The number of H-pyrrole nitrogens is 1. The monoisotopic (exact) mass is 355 g/mol. The van der Waals surface area contributed by atoms with Crippen molar-refractivity contribution in [1.82, 2.24) is 14.5 Å². The lowest BCUT2D eigenvalue weighted by atomic mass is 9.95. The van der Waals surface area contributed by atoms with E-state index in [4.69, 9.17) is 11.6 Å². The molecule has 0 unspecified atom stereocenters. The van der Waals surface area contributed by atoms with E-state index in [1.54, 1.807) is 29.0 Å². The van der Waals surface area contributed by atoms with Gasteiger partial charge in [-0.05, 0) is 42.2 Å². The van der Waals surface area contributed by atoms with Crippen molar-refractivity contribution in [2.24, 2.45) is 0 Å². The molecule has 128 valence electrons. The summed E-state index contributed by atoms with van der Waals surface area (Å²) in [6.07, 6.45) is 6.91. The van der Waals surface area contributed by atoms with Crippen molar-refractivity contribution >= 4 is 22.6 Å². The Morgan fingerprint density at radius 2 is 1.76 bits per heavy atom. The fourth-order valence-electron chi connectivity index (χ4n) is 3.72. The number of hydrogen-bond acceptors (Lipinski definition) is 3. The number of rotatable bonds is 2. The number of fused-ring (bicyclic) bond motifs is 1. The van der Waals surface area contributed by atoms with Gasteiger partial charge in [0.25, 0.3) is 5.56 Å². The van der Waals surface area contributed by atoms with E-state index in [0.29, 0.717) is 16.1 Å². The smallest absolute Gasteiger partial charge is 0.274 e. The second kappa shape index (κ2) is 6.48. The van der Waals surface area contributed by atoms with Gasteiger partial charge in [0.05, 0.1) is 5.39 Å². The molecule has 0 spiro atoms. The van der Waals surface area contributed by atoms with E-state index in [0.717, 1.165) is 36.8 Å². The number of halogens is 1. The predicted molar refractivity (Wildman–Crippen MR) is 99.2 cm³/mol. The van der Waals surface area contributed by atoms with Crippen LogP contribution in [-0.2, 0) is 0 Å². The molecule has 1 aliphatic rings. The van der Waals surface area contributed by atoms with Crippen LogP contribution in [0.3, 0.4) is 0 Å². The van der Waals surface area contributed by atoms with E-state index in [1.165, 1.54) is 6.42 Å². The Morgan fingerprint density at radius 1 is 1.04 bits per heavy atom. The standard InChI is InChI=1S/C19H18ClN3O2/c20-13-8-6-12(7-9-13)15-10-11-21-17-16(15)18(24)22-19(25)23(17)14-4-2-1-3-5-14/h6-11,14H,1-5H2,(H,22,24,25). The second-order valence-electron chi connectivity index (χ2n) is 6.49. The van der Waals surface area contributed by atoms with Gasteiger partial charge in [-0.1, -0.05) is 43.0 Å². The van der Waals surface area contributed by atoms with Crippen molar-refractivity contribution in [3.8, 4) is 11.1 Å². The van der Waals surface area contributed by atoms with Gasteiger partial charge in [-0.15, -0.1) is 0 Å². The van der Waals surface area contributed by atoms with Gasteiger partial charge in [0, 0.05) is 17.3 Å². The number of nitrogens with one attached hydrogen (secondary N) is 1. The van der Waals surface area contributed by atoms with Crippen LogP contribution in [0.15, 0.2) is 46.1 Å². The summed E-state index contributed by atoms with van der Waals surface area (Å²) in [5, 5.41) is 1.09. The Bertz CT molecular complexity index is 1030. The molecule has 0 bridgehead atoms. The first-order valence-electron chi connectivity index (χ1n) is 8.54. The molecule has 0 aliphatic heterocycles. The molecular weight excluding hydrogens is 338 g/mol. The Kier molecular flexibility index (Phi) is 4.17. The topological polar surface area (TPSA) is 67.8 Å². The summed E-state index contributed by atoms with van der Waals surface area (Å²) in [6, 6.07) is 9.20. The van der Waals surface area contributed by atoms with Gasteiger partial charge in [0.2, 0.25) is 0 Å². The van der Waals surface area contributed by atoms with Gasteiger partial charge in [-0.2, -0.15) is 0 Å². The van der Waals surface area contributed by atoms with Crippen LogP contribution in [0, 0.1) is 0 Å². The zero-order chi connectivity index (χ0) is 17.4. The third kappa shape index (κ3) is 2.89. The van der Waals surface area contributed by atoms with Crippen molar-refractivity contribution in [3.63, 3.8) is 0 Å². The Morgan fingerprint density at radius 3 is 2.48 bits per heavy atom. The minimum atomic E-state index is -0.398. The molecule has 0 amide bonds. The predicted octanol–water partition coefficient (Wildman–Crippen LogP) is 3.91. The summed E-state index contributed by atoms with van der Waals surface area (Å²) in [5.74, 6) is 0. The van der Waals surface area contributed by atoms with E-state index in [1.807, 2.05) is 12.1 Å². The fraction of sp³-hybridized carbons (Fsp3) is 0.316. The third-order valence-electron chi connectivity index (χ3n) is 4.92. The highest BCUT2D eigenvalue weighted by Gasteiger charge is 2.21. The number of hydrogen-bond donors (Lipinski definition) is 1. The molecular formula is C19H18ClN3O2. The molecule has 0 radical (unpaired) electrons. The van der Waals surface area contributed by atoms with Crippen molar-refractivity contribution in [2.45, 2.75) is 38.1 Å². The Labute approximate surface area is 149 Å². The first kappa shape index (κ1) is 16.1. The third-order valence-corrected chi connectivity index (χ3v) is 5.17. The molecule has 0 saturated heterocycles. The maximum atomic E-state index is 12.6. The molecule has 0 atom stereocenters. The van der Waals surface area contributed by atoms with Gasteiger partial charge >= 0.3 is 5.69 Å². The maximum absolute atomic E-state index is 12.6. The summed E-state index contributed by atoms with van der Waals surface area (Å²) in [5.41, 5.74) is 1.33. The van der Waals surface area contributed by atoms with E-state index in [9.17, 15) is 9.59 Å². The van der Waals surface area contributed by atoms with Crippen LogP contribution < -0.4 is 11.2 Å². The zero-order valence-electron chi connectivity index (χ0n) is 13.7. The van der Waals surface area contributed by atoms with E-state index in [2.05, 4.69) is 9.97 Å². The number of aromatic amines is 1. The average molecular weight is 356 g/mol. The summed E-state index contributed by atoms with van der Waals surface area (Å²) >= 11 is 5.97. The molecule has 1 fully saturated rings. The largest absolute Gasteiger partial charge is 0.330 e. The van der Waals surface area contributed by atoms with Crippen molar-refractivity contribution in [1.29, 1.82) is 0 Å². The number of pyridine rings is 1. The molecule has 4 rings (SSSR count). The van der Waals surface area contributed by atoms with Crippen LogP contribution in [0.4, 0.5) is 0 Å². The Hall–Kier alpha value is -2.40. The molecule has 1 aromatic carbocycles. The number of nitrogens with zero attached hydrogens (tertiary/aromatic N) is 2. The molecule has 5 nitrogen and oxygen atoms in total. The number of benzene rings is 1. The van der Waals surface area contributed by atoms with E-state index >= 15 is 0 Å². The molecule has 25 heavy (non-hydrogen) atoms. The lowest BCUT2D eigenvalue weighted by Gasteiger charge is -2.24. The van der Waals surface area contributed by atoms with Crippen LogP contribution in [0.1, 0.15) is 38.1 Å². The summed E-state index contributed by atoms with van der Waals surface area (Å²) in [7, 11) is 0. The highest BCUT2D eigenvalue weighted by Crippen LogP contribution is 2.31. The van der Waals surface area contributed by atoms with Crippen LogP contribution in [-0.4, -0.2) is 14.5 Å². The lowest BCUT2D eigenvalue weighted by Crippen LogP contribution is -2.34. The van der Waals surface area contributed by atoms with Gasteiger partial charge in [-0.25, -0.2) is 9.78 Å². The molecule has 1 saturated carbocycles. The van der Waals surface area contributed by atoms with Crippen molar-refractivity contribution < 1.29 is 0 Å². The first-order chi connectivity index (χ1) is 12.1.